The number of rotatable bonds is 4. The van der Waals surface area contributed by atoms with Gasteiger partial charge in [0.25, 0.3) is 5.91 Å². The molecule has 0 aromatic heterocycles. The van der Waals surface area contributed by atoms with Crippen molar-refractivity contribution in [2.75, 3.05) is 10.2 Å². The summed E-state index contributed by atoms with van der Waals surface area (Å²) in [6, 6.07) is 13.3. The molecular weight excluding hydrogens is 404 g/mol. The van der Waals surface area contributed by atoms with E-state index in [-0.39, 0.29) is 47.2 Å². The lowest BCUT2D eigenvalue weighted by Gasteiger charge is -2.37. The van der Waals surface area contributed by atoms with Crippen LogP contribution in [-0.2, 0) is 9.59 Å². The van der Waals surface area contributed by atoms with Gasteiger partial charge in [-0.15, -0.1) is 0 Å². The van der Waals surface area contributed by atoms with E-state index < -0.39 is 0 Å². The Morgan fingerprint density at radius 2 is 1.50 bits per heavy atom. The first-order valence-electron chi connectivity index (χ1n) is 11.0. The van der Waals surface area contributed by atoms with Crippen molar-refractivity contribution >= 4 is 34.9 Å². The highest BCUT2D eigenvalue weighted by molar-refractivity contribution is 6.23. The number of hydrogen-bond donors (Lipinski definition) is 1. The van der Waals surface area contributed by atoms with E-state index in [1.165, 1.54) is 11.8 Å². The van der Waals surface area contributed by atoms with Crippen LogP contribution in [0.4, 0.5) is 11.4 Å². The molecule has 2 bridgehead atoms. The zero-order valence-corrected chi connectivity index (χ0v) is 17.5. The average molecular weight is 426 g/mol. The quantitative estimate of drug-likeness (QED) is 0.459. The Kier molecular flexibility index (Phi) is 4.03. The molecule has 2 aromatic carbocycles. The lowest BCUT2D eigenvalue weighted by atomic mass is 9.63. The fourth-order valence-corrected chi connectivity index (χ4v) is 5.99. The van der Waals surface area contributed by atoms with Gasteiger partial charge in [-0.3, -0.25) is 19.2 Å². The Morgan fingerprint density at radius 3 is 2.09 bits per heavy atom. The van der Waals surface area contributed by atoms with Gasteiger partial charge < -0.3 is 5.32 Å². The van der Waals surface area contributed by atoms with Crippen molar-refractivity contribution in [3.63, 3.8) is 0 Å². The molecule has 0 radical (unpaired) electrons. The predicted octanol–water partition coefficient (Wildman–Crippen LogP) is 3.70. The summed E-state index contributed by atoms with van der Waals surface area (Å²) in [7, 11) is 0. The van der Waals surface area contributed by atoms with Crippen molar-refractivity contribution in [2.24, 2.45) is 35.5 Å². The first-order chi connectivity index (χ1) is 15.4. The molecule has 5 aliphatic rings. The van der Waals surface area contributed by atoms with Crippen LogP contribution in [0.3, 0.4) is 0 Å². The van der Waals surface area contributed by atoms with Crippen molar-refractivity contribution < 1.29 is 19.2 Å². The van der Waals surface area contributed by atoms with Crippen molar-refractivity contribution in [1.29, 1.82) is 0 Å². The second-order valence-corrected chi connectivity index (χ2v) is 9.30. The number of amides is 3. The van der Waals surface area contributed by atoms with Crippen LogP contribution >= 0.6 is 0 Å². The lowest BCUT2D eigenvalue weighted by Crippen LogP contribution is -2.40. The Morgan fingerprint density at radius 1 is 0.875 bits per heavy atom. The number of ketones is 1. The second-order valence-electron chi connectivity index (χ2n) is 9.30. The third-order valence-electron chi connectivity index (χ3n) is 7.58. The van der Waals surface area contributed by atoms with E-state index in [0.29, 0.717) is 34.3 Å². The van der Waals surface area contributed by atoms with Gasteiger partial charge >= 0.3 is 0 Å². The number of hydrogen-bond acceptors (Lipinski definition) is 4. The number of imide groups is 1. The van der Waals surface area contributed by atoms with Crippen LogP contribution in [0.15, 0.2) is 60.7 Å². The fourth-order valence-electron chi connectivity index (χ4n) is 5.99. The third-order valence-corrected chi connectivity index (χ3v) is 7.58. The Balaban J connectivity index is 1.25. The maximum atomic E-state index is 13.3. The van der Waals surface area contributed by atoms with Crippen LogP contribution in [-0.4, -0.2) is 23.5 Å². The zero-order valence-electron chi connectivity index (χ0n) is 17.5. The molecule has 6 atom stereocenters. The third kappa shape index (κ3) is 2.72. The molecule has 160 valence electrons. The Hall–Kier alpha value is -3.54. The monoisotopic (exact) mass is 426 g/mol. The molecule has 1 N–H and O–H groups in total. The summed E-state index contributed by atoms with van der Waals surface area (Å²) in [5.74, 6) is 0.242. The minimum absolute atomic E-state index is 0.0444. The standard InChI is InChI=1S/C26H22N2O4/c1-13(29)14-5-7-16(8-6-14)27-24(30)15-3-2-4-17(11-15)28-25(31)22-18-9-10-19(21-12-20(18)21)23(22)26(28)32/h2-11,18-23H,12H2,1H3,(H,27,30)/t18-,19-,20-,21-,22+,23+/m1/s1. The zero-order chi connectivity index (χ0) is 22.1. The molecule has 7 rings (SSSR count). The molecule has 4 aliphatic carbocycles. The fraction of sp³-hybridized carbons (Fsp3) is 0.308. The number of benzene rings is 2. The minimum atomic E-state index is -0.345. The summed E-state index contributed by atoms with van der Waals surface area (Å²) in [5.41, 5.74) is 1.94. The highest BCUT2D eigenvalue weighted by Crippen LogP contribution is 2.65. The number of nitrogens with zero attached hydrogens (tertiary/aromatic N) is 1. The number of carbonyl (C=O) groups is 4. The molecule has 3 fully saturated rings. The molecule has 2 aromatic rings. The number of allylic oxidation sites excluding steroid dienone is 2. The van der Waals surface area contributed by atoms with E-state index in [2.05, 4.69) is 17.5 Å². The number of Topliss-reactive ketones (excluding diaryl/α,β-unsaturated/α-hetero) is 1. The summed E-state index contributed by atoms with van der Waals surface area (Å²) >= 11 is 0. The minimum Gasteiger partial charge on any atom is -0.322 e. The molecule has 3 amide bonds. The maximum Gasteiger partial charge on any atom is 0.255 e. The first-order valence-corrected chi connectivity index (χ1v) is 11.0. The SMILES string of the molecule is CC(=O)c1ccc(NC(=O)c2cccc(N3C(=O)[C@H]4[C@@H]5C=C[C@H]([C@H]6C[C@H]56)[C@@H]4C3=O)c2)cc1. The summed E-state index contributed by atoms with van der Waals surface area (Å²) in [5, 5.41) is 2.80. The van der Waals surface area contributed by atoms with Gasteiger partial charge in [0.2, 0.25) is 11.8 Å². The van der Waals surface area contributed by atoms with Crippen LogP contribution in [0.1, 0.15) is 34.1 Å². The number of anilines is 2. The molecule has 6 heteroatoms. The number of carbonyl (C=O) groups excluding carboxylic acids is 4. The van der Waals surface area contributed by atoms with Crippen LogP contribution in [0, 0.1) is 35.5 Å². The molecule has 1 heterocycles. The molecule has 1 aliphatic heterocycles. The van der Waals surface area contributed by atoms with E-state index in [1.54, 1.807) is 48.5 Å². The normalized spacial score (nSPS) is 31.3. The van der Waals surface area contributed by atoms with E-state index in [0.717, 1.165) is 6.42 Å². The molecule has 6 nitrogen and oxygen atoms in total. The Bertz CT molecular complexity index is 1180. The van der Waals surface area contributed by atoms with E-state index in [9.17, 15) is 19.2 Å². The van der Waals surface area contributed by atoms with Crippen LogP contribution in [0.5, 0.6) is 0 Å². The van der Waals surface area contributed by atoms with Gasteiger partial charge in [-0.1, -0.05) is 18.2 Å². The summed E-state index contributed by atoms with van der Waals surface area (Å²) in [6.07, 6.45) is 5.42. The van der Waals surface area contributed by atoms with Crippen molar-refractivity contribution in [1.82, 2.24) is 0 Å². The largest absolute Gasteiger partial charge is 0.322 e. The lowest BCUT2D eigenvalue weighted by molar-refractivity contribution is -0.124. The smallest absolute Gasteiger partial charge is 0.255 e. The van der Waals surface area contributed by atoms with E-state index >= 15 is 0 Å². The maximum absolute atomic E-state index is 13.3. The van der Waals surface area contributed by atoms with Gasteiger partial charge in [0.15, 0.2) is 5.78 Å². The van der Waals surface area contributed by atoms with Gasteiger partial charge in [-0.05, 0) is 79.5 Å². The molecule has 32 heavy (non-hydrogen) atoms. The van der Waals surface area contributed by atoms with Gasteiger partial charge in [-0.25, -0.2) is 4.90 Å². The van der Waals surface area contributed by atoms with E-state index in [4.69, 9.17) is 0 Å². The summed E-state index contributed by atoms with van der Waals surface area (Å²) in [6.45, 7) is 1.49. The van der Waals surface area contributed by atoms with Gasteiger partial charge in [0.05, 0.1) is 17.5 Å². The predicted molar refractivity (Wildman–Crippen MR) is 118 cm³/mol. The van der Waals surface area contributed by atoms with Gasteiger partial charge in [-0.2, -0.15) is 0 Å². The Labute approximate surface area is 185 Å². The number of nitrogens with one attached hydrogen (secondary N) is 1. The van der Waals surface area contributed by atoms with Gasteiger partial charge in [0.1, 0.15) is 0 Å². The van der Waals surface area contributed by atoms with Crippen molar-refractivity contribution in [3.05, 3.63) is 71.8 Å². The topological polar surface area (TPSA) is 83.6 Å². The summed E-state index contributed by atoms with van der Waals surface area (Å²) in [4.78, 5) is 52.1. The highest BCUT2D eigenvalue weighted by atomic mass is 16.2. The van der Waals surface area contributed by atoms with Gasteiger partial charge in [0, 0.05) is 16.8 Å². The van der Waals surface area contributed by atoms with E-state index in [1.807, 2.05) is 0 Å². The van der Waals surface area contributed by atoms with Crippen LogP contribution in [0.2, 0.25) is 0 Å². The molecule has 0 unspecified atom stereocenters. The highest BCUT2D eigenvalue weighted by Gasteiger charge is 2.67. The van der Waals surface area contributed by atoms with Crippen molar-refractivity contribution in [2.45, 2.75) is 13.3 Å². The summed E-state index contributed by atoms with van der Waals surface area (Å²) < 4.78 is 0. The molecule has 0 spiro atoms. The molecular formula is C26H22N2O4. The van der Waals surface area contributed by atoms with Crippen LogP contribution < -0.4 is 10.2 Å². The molecule has 2 saturated carbocycles. The molecule has 1 saturated heterocycles. The first kappa shape index (κ1) is 19.2. The average Bonchev–Trinajstić information content (AvgIpc) is 3.57. The van der Waals surface area contributed by atoms with Crippen LogP contribution in [0.25, 0.3) is 0 Å². The second kappa shape index (κ2) is 6.73. The van der Waals surface area contributed by atoms with Crippen molar-refractivity contribution in [3.8, 4) is 0 Å².